The number of ether oxygens (including phenoxy) is 1. The first-order valence-corrected chi connectivity index (χ1v) is 5.06. The third-order valence-corrected chi connectivity index (χ3v) is 2.27. The van der Waals surface area contributed by atoms with Crippen LogP contribution in [0.15, 0.2) is 12.1 Å². The van der Waals surface area contributed by atoms with Gasteiger partial charge in [0.05, 0.1) is 5.69 Å². The van der Waals surface area contributed by atoms with E-state index in [2.05, 4.69) is 10.6 Å². The summed E-state index contributed by atoms with van der Waals surface area (Å²) in [5, 5.41) is 5.06. The fourth-order valence-electron chi connectivity index (χ4n) is 1.54. The van der Waals surface area contributed by atoms with Gasteiger partial charge in [-0.15, -0.1) is 0 Å². The van der Waals surface area contributed by atoms with Crippen LogP contribution in [0, 0.1) is 5.82 Å². The van der Waals surface area contributed by atoms with Crippen LogP contribution in [-0.2, 0) is 16.1 Å². The van der Waals surface area contributed by atoms with Crippen molar-refractivity contribution in [3.63, 3.8) is 0 Å². The number of amides is 2. The number of hydrogen-bond donors (Lipinski definition) is 2. The van der Waals surface area contributed by atoms with Gasteiger partial charge < -0.3 is 15.4 Å². The Kier molecular flexibility index (Phi) is 2.95. The average molecular weight is 238 g/mol. The summed E-state index contributed by atoms with van der Waals surface area (Å²) in [5.74, 6) is -1.05. The third-order valence-electron chi connectivity index (χ3n) is 2.27. The number of carbonyl (C=O) groups excluding carboxylic acids is 2. The number of anilines is 1. The van der Waals surface area contributed by atoms with E-state index in [1.807, 2.05) is 0 Å². The summed E-state index contributed by atoms with van der Waals surface area (Å²) >= 11 is 0. The highest BCUT2D eigenvalue weighted by atomic mass is 19.1. The summed E-state index contributed by atoms with van der Waals surface area (Å²) in [6.45, 7) is 1.39. The Morgan fingerprint density at radius 1 is 1.59 bits per heavy atom. The highest BCUT2D eigenvalue weighted by Crippen LogP contribution is 2.31. The standard InChI is InChI=1S/C11H11FN2O3/c1-6(15)13-4-7-2-8(12)11-9(3-7)14-10(16)5-17-11/h2-3H,4-5H2,1H3,(H,13,15)(H,14,16). The van der Waals surface area contributed by atoms with Crippen LogP contribution in [-0.4, -0.2) is 18.4 Å². The number of rotatable bonds is 2. The molecule has 0 bridgehead atoms. The van der Waals surface area contributed by atoms with E-state index in [1.165, 1.54) is 13.0 Å². The van der Waals surface area contributed by atoms with Crippen LogP contribution in [0.25, 0.3) is 0 Å². The molecule has 0 saturated heterocycles. The predicted octanol–water partition coefficient (Wildman–Crippen LogP) is 0.793. The number of nitrogens with one attached hydrogen (secondary N) is 2. The van der Waals surface area contributed by atoms with Crippen molar-refractivity contribution in [2.45, 2.75) is 13.5 Å². The highest BCUT2D eigenvalue weighted by Gasteiger charge is 2.20. The van der Waals surface area contributed by atoms with Crippen LogP contribution in [0.5, 0.6) is 5.75 Å². The van der Waals surface area contributed by atoms with Gasteiger partial charge in [-0.25, -0.2) is 4.39 Å². The monoisotopic (exact) mass is 238 g/mol. The lowest BCUT2D eigenvalue weighted by atomic mass is 10.1. The summed E-state index contributed by atoms with van der Waals surface area (Å²) in [6, 6.07) is 2.84. The van der Waals surface area contributed by atoms with Crippen LogP contribution >= 0.6 is 0 Å². The van der Waals surface area contributed by atoms with Crippen molar-refractivity contribution in [3.05, 3.63) is 23.5 Å². The number of fused-ring (bicyclic) bond motifs is 1. The Hall–Kier alpha value is -2.11. The van der Waals surface area contributed by atoms with Gasteiger partial charge in [0.25, 0.3) is 5.91 Å². The lowest BCUT2D eigenvalue weighted by molar-refractivity contribution is -0.119. The number of benzene rings is 1. The Morgan fingerprint density at radius 3 is 3.06 bits per heavy atom. The molecular formula is C11H11FN2O3. The smallest absolute Gasteiger partial charge is 0.262 e. The molecule has 1 aromatic rings. The maximum Gasteiger partial charge on any atom is 0.262 e. The first-order chi connectivity index (χ1) is 8.06. The summed E-state index contributed by atoms with van der Waals surface area (Å²) in [4.78, 5) is 21.8. The Labute approximate surface area is 97.0 Å². The largest absolute Gasteiger partial charge is 0.478 e. The third kappa shape index (κ3) is 2.52. The lowest BCUT2D eigenvalue weighted by Crippen LogP contribution is -2.26. The van der Waals surface area contributed by atoms with Crippen molar-refractivity contribution in [2.24, 2.45) is 0 Å². The van der Waals surface area contributed by atoms with Gasteiger partial charge in [-0.05, 0) is 17.7 Å². The second kappa shape index (κ2) is 4.40. The van der Waals surface area contributed by atoms with Crippen molar-refractivity contribution < 1.29 is 18.7 Å². The van der Waals surface area contributed by atoms with E-state index in [4.69, 9.17) is 4.74 Å². The quantitative estimate of drug-likeness (QED) is 0.800. The van der Waals surface area contributed by atoms with Gasteiger partial charge in [0.1, 0.15) is 0 Å². The van der Waals surface area contributed by atoms with Crippen molar-refractivity contribution in [1.82, 2.24) is 5.32 Å². The normalized spacial score (nSPS) is 13.4. The first kappa shape index (κ1) is 11.4. The zero-order valence-corrected chi connectivity index (χ0v) is 9.17. The molecule has 0 aliphatic carbocycles. The van der Waals surface area contributed by atoms with Crippen LogP contribution in [0.2, 0.25) is 0 Å². The number of hydrogen-bond acceptors (Lipinski definition) is 3. The van der Waals surface area contributed by atoms with E-state index in [0.717, 1.165) is 0 Å². The molecule has 90 valence electrons. The average Bonchev–Trinajstić information content (AvgIpc) is 2.25. The molecule has 2 amide bonds. The Balaban J connectivity index is 2.26. The maximum absolute atomic E-state index is 13.6. The van der Waals surface area contributed by atoms with E-state index in [9.17, 15) is 14.0 Å². The maximum atomic E-state index is 13.6. The zero-order valence-electron chi connectivity index (χ0n) is 9.17. The van der Waals surface area contributed by atoms with Gasteiger partial charge in [0.15, 0.2) is 18.2 Å². The fraction of sp³-hybridized carbons (Fsp3) is 0.273. The summed E-state index contributed by atoms with van der Waals surface area (Å²) in [5.41, 5.74) is 0.851. The van der Waals surface area contributed by atoms with E-state index >= 15 is 0 Å². The van der Waals surface area contributed by atoms with E-state index in [0.29, 0.717) is 11.3 Å². The van der Waals surface area contributed by atoms with E-state index in [-0.39, 0.29) is 30.7 Å². The Bertz CT molecular complexity index is 488. The molecule has 0 aromatic heterocycles. The fourth-order valence-corrected chi connectivity index (χ4v) is 1.54. The SMILES string of the molecule is CC(=O)NCc1cc(F)c2c(c1)NC(=O)CO2. The summed E-state index contributed by atoms with van der Waals surface area (Å²) in [6.07, 6.45) is 0. The molecular weight excluding hydrogens is 227 g/mol. The van der Waals surface area contributed by atoms with Crippen molar-refractivity contribution in [2.75, 3.05) is 11.9 Å². The lowest BCUT2D eigenvalue weighted by Gasteiger charge is -2.19. The molecule has 2 N–H and O–H groups in total. The van der Waals surface area contributed by atoms with Crippen molar-refractivity contribution in [3.8, 4) is 5.75 Å². The molecule has 0 radical (unpaired) electrons. The molecule has 0 fully saturated rings. The minimum atomic E-state index is -0.553. The number of halogens is 1. The van der Waals surface area contributed by atoms with Gasteiger partial charge in [-0.2, -0.15) is 0 Å². The molecule has 6 heteroatoms. The van der Waals surface area contributed by atoms with Gasteiger partial charge >= 0.3 is 0 Å². The molecule has 1 aliphatic heterocycles. The highest BCUT2D eigenvalue weighted by molar-refractivity contribution is 5.95. The van der Waals surface area contributed by atoms with Gasteiger partial charge in [0, 0.05) is 13.5 Å². The molecule has 0 atom stereocenters. The molecule has 17 heavy (non-hydrogen) atoms. The van der Waals surface area contributed by atoms with Gasteiger partial charge in [-0.3, -0.25) is 9.59 Å². The van der Waals surface area contributed by atoms with Crippen molar-refractivity contribution in [1.29, 1.82) is 0 Å². The first-order valence-electron chi connectivity index (χ1n) is 5.06. The summed E-state index contributed by atoms with van der Waals surface area (Å²) < 4.78 is 18.6. The minimum Gasteiger partial charge on any atom is -0.478 e. The minimum absolute atomic E-state index is 0.0381. The van der Waals surface area contributed by atoms with E-state index < -0.39 is 5.82 Å². The van der Waals surface area contributed by atoms with Gasteiger partial charge in [0.2, 0.25) is 5.91 Å². The summed E-state index contributed by atoms with van der Waals surface area (Å²) in [7, 11) is 0. The topological polar surface area (TPSA) is 67.4 Å². The molecule has 0 unspecified atom stereocenters. The molecule has 5 nitrogen and oxygen atoms in total. The van der Waals surface area contributed by atoms with Gasteiger partial charge in [-0.1, -0.05) is 0 Å². The zero-order chi connectivity index (χ0) is 12.4. The van der Waals surface area contributed by atoms with Crippen molar-refractivity contribution >= 4 is 17.5 Å². The molecule has 0 saturated carbocycles. The molecule has 0 spiro atoms. The Morgan fingerprint density at radius 2 is 2.35 bits per heavy atom. The van der Waals surface area contributed by atoms with Crippen LogP contribution in [0.3, 0.4) is 0 Å². The second-order valence-electron chi connectivity index (χ2n) is 3.70. The second-order valence-corrected chi connectivity index (χ2v) is 3.70. The van der Waals surface area contributed by atoms with E-state index in [1.54, 1.807) is 6.07 Å². The molecule has 1 aromatic carbocycles. The van der Waals surface area contributed by atoms with Crippen LogP contribution in [0.4, 0.5) is 10.1 Å². The van der Waals surface area contributed by atoms with Crippen LogP contribution in [0.1, 0.15) is 12.5 Å². The molecule has 2 rings (SSSR count). The molecule has 1 heterocycles. The predicted molar refractivity (Wildman–Crippen MR) is 58.0 cm³/mol. The van der Waals surface area contributed by atoms with Crippen LogP contribution < -0.4 is 15.4 Å². The molecule has 1 aliphatic rings. The number of carbonyl (C=O) groups is 2.